The van der Waals surface area contributed by atoms with E-state index < -0.39 is 35.2 Å². The summed E-state index contributed by atoms with van der Waals surface area (Å²) in [6.07, 6.45) is -0.848. The van der Waals surface area contributed by atoms with Crippen LogP contribution in [0.1, 0.15) is 33.3 Å². The van der Waals surface area contributed by atoms with Gasteiger partial charge in [0.25, 0.3) is 0 Å². The fraction of sp³-hybridized carbons (Fsp3) is 0.714. The van der Waals surface area contributed by atoms with E-state index in [1.165, 1.54) is 26.3 Å². The number of rotatable bonds is 4. The fourth-order valence-electron chi connectivity index (χ4n) is 4.34. The Bertz CT molecular complexity index is 671. The molecule has 2 saturated heterocycles. The third-order valence-corrected chi connectivity index (χ3v) is 7.11. The lowest BCUT2D eigenvalue weighted by Crippen LogP contribution is -2.83. The first-order valence-electron chi connectivity index (χ1n) is 9.92. The number of piperazine rings is 1. The van der Waals surface area contributed by atoms with Gasteiger partial charge in [-0.25, -0.2) is 0 Å². The van der Waals surface area contributed by atoms with Gasteiger partial charge in [-0.2, -0.15) is 0 Å². The number of hydrogen-bond donors (Lipinski definition) is 4. The molecule has 0 bridgehead atoms. The molecule has 2 fully saturated rings. The largest absolute Gasteiger partial charge is 0.393 e. The van der Waals surface area contributed by atoms with E-state index in [0.717, 1.165) is 19.6 Å². The van der Waals surface area contributed by atoms with E-state index in [9.17, 15) is 20.4 Å². The number of ether oxygens (including phenoxy) is 1. The first-order chi connectivity index (χ1) is 13.0. The number of aliphatic hydroxyl groups is 4. The molecule has 2 aliphatic heterocycles. The third kappa shape index (κ3) is 3.29. The maximum Gasteiger partial charge on any atom is 0.143 e. The molecule has 28 heavy (non-hydrogen) atoms. The van der Waals surface area contributed by atoms with Gasteiger partial charge in [0.15, 0.2) is 0 Å². The maximum absolute atomic E-state index is 11.2. The van der Waals surface area contributed by atoms with E-state index in [2.05, 4.69) is 17.0 Å². The molecule has 0 radical (unpaired) electrons. The van der Waals surface area contributed by atoms with Crippen molar-refractivity contribution in [3.63, 3.8) is 0 Å². The van der Waals surface area contributed by atoms with Gasteiger partial charge in [-0.1, -0.05) is 30.3 Å². The summed E-state index contributed by atoms with van der Waals surface area (Å²) in [7, 11) is 0. The Balaban J connectivity index is 1.74. The Kier molecular flexibility index (Phi) is 5.66. The lowest BCUT2D eigenvalue weighted by molar-refractivity contribution is -0.396. The van der Waals surface area contributed by atoms with Crippen molar-refractivity contribution in [2.45, 2.75) is 62.9 Å². The van der Waals surface area contributed by atoms with Crippen LogP contribution in [-0.4, -0.2) is 91.6 Å². The third-order valence-electron chi connectivity index (χ3n) is 7.11. The van der Waals surface area contributed by atoms with Crippen LogP contribution in [0, 0.1) is 0 Å². The zero-order valence-corrected chi connectivity index (χ0v) is 17.3. The molecule has 4 N–H and O–H groups in total. The second kappa shape index (κ2) is 7.32. The van der Waals surface area contributed by atoms with Crippen LogP contribution in [0.5, 0.6) is 0 Å². The highest BCUT2D eigenvalue weighted by atomic mass is 16.6. The van der Waals surface area contributed by atoms with Crippen LogP contribution in [0.3, 0.4) is 0 Å². The average Bonchev–Trinajstić information content (AvgIpc) is 2.66. The highest BCUT2D eigenvalue weighted by Gasteiger charge is 2.70. The first kappa shape index (κ1) is 21.6. The Labute approximate surface area is 167 Å². The van der Waals surface area contributed by atoms with Crippen molar-refractivity contribution >= 4 is 0 Å². The topological polar surface area (TPSA) is 96.6 Å². The molecule has 0 amide bonds. The molecule has 7 heteroatoms. The second-order valence-electron chi connectivity index (χ2n) is 8.95. The summed E-state index contributed by atoms with van der Waals surface area (Å²) in [4.78, 5) is 4.32. The van der Waals surface area contributed by atoms with Gasteiger partial charge >= 0.3 is 0 Å². The molecule has 1 aromatic rings. The monoisotopic (exact) mass is 394 g/mol. The van der Waals surface area contributed by atoms with Gasteiger partial charge < -0.3 is 25.2 Å². The predicted molar refractivity (Wildman–Crippen MR) is 106 cm³/mol. The lowest BCUT2D eigenvalue weighted by atomic mass is 9.63. The highest BCUT2D eigenvalue weighted by Crippen LogP contribution is 2.49. The molecule has 1 aromatic carbocycles. The Morgan fingerprint density at radius 2 is 1.50 bits per heavy atom. The zero-order chi connectivity index (χ0) is 20.8. The van der Waals surface area contributed by atoms with Crippen molar-refractivity contribution in [3.8, 4) is 0 Å². The van der Waals surface area contributed by atoms with E-state index in [0.29, 0.717) is 13.1 Å². The molecule has 158 valence electrons. The van der Waals surface area contributed by atoms with Crippen LogP contribution in [0.15, 0.2) is 30.3 Å². The van der Waals surface area contributed by atoms with Gasteiger partial charge in [-0.05, 0) is 33.3 Å². The quantitative estimate of drug-likeness (QED) is 0.578. The van der Waals surface area contributed by atoms with E-state index in [1.807, 2.05) is 23.1 Å². The van der Waals surface area contributed by atoms with Crippen molar-refractivity contribution in [2.24, 2.45) is 0 Å². The molecule has 0 aromatic heterocycles. The van der Waals surface area contributed by atoms with E-state index in [1.54, 1.807) is 6.92 Å². The summed E-state index contributed by atoms with van der Waals surface area (Å²) in [5.74, 6) is 0. The summed E-state index contributed by atoms with van der Waals surface area (Å²) in [5.41, 5.74) is -5.62. The zero-order valence-electron chi connectivity index (χ0n) is 17.3. The smallest absolute Gasteiger partial charge is 0.143 e. The summed E-state index contributed by atoms with van der Waals surface area (Å²) in [6.45, 7) is 9.11. The van der Waals surface area contributed by atoms with Crippen molar-refractivity contribution in [2.75, 3.05) is 32.8 Å². The molecule has 0 aliphatic carbocycles. The predicted octanol–water partition coefficient (Wildman–Crippen LogP) is 0.165. The van der Waals surface area contributed by atoms with Gasteiger partial charge in [0.05, 0.1) is 6.61 Å². The first-order valence-corrected chi connectivity index (χ1v) is 9.92. The molecule has 5 atom stereocenters. The lowest BCUT2D eigenvalue weighted by Gasteiger charge is -2.63. The van der Waals surface area contributed by atoms with E-state index in [4.69, 9.17) is 4.74 Å². The number of nitrogens with zero attached hydrogens (tertiary/aromatic N) is 2. The van der Waals surface area contributed by atoms with Crippen molar-refractivity contribution in [1.29, 1.82) is 0 Å². The normalized spacial score (nSPS) is 43.2. The minimum atomic E-state index is -1.89. The summed E-state index contributed by atoms with van der Waals surface area (Å²) in [5, 5.41) is 43.2. The van der Waals surface area contributed by atoms with Crippen molar-refractivity contribution in [3.05, 3.63) is 35.9 Å². The van der Waals surface area contributed by atoms with Gasteiger partial charge in [0.1, 0.15) is 28.6 Å². The molecule has 2 aliphatic rings. The summed E-state index contributed by atoms with van der Waals surface area (Å²) in [6, 6.07) is 10.3. The van der Waals surface area contributed by atoms with Crippen LogP contribution in [-0.2, 0) is 11.3 Å². The second-order valence-corrected chi connectivity index (χ2v) is 8.95. The SMILES string of the molecule is C[C@]1(O)[C@@](C)(O)[C@@](C)(O)[C@H](N2CCN(Cc3ccccc3)CC2)O[C@@]1(C)CO. The van der Waals surface area contributed by atoms with E-state index in [-0.39, 0.29) is 0 Å². The van der Waals surface area contributed by atoms with Crippen LogP contribution >= 0.6 is 0 Å². The minimum Gasteiger partial charge on any atom is -0.393 e. The maximum atomic E-state index is 11.2. The Morgan fingerprint density at radius 3 is 2.04 bits per heavy atom. The molecule has 0 spiro atoms. The Morgan fingerprint density at radius 1 is 0.929 bits per heavy atom. The standard InChI is InChI=1S/C21H34N2O5/c1-18(15-24)20(3,26)21(4,27)19(2,25)17(28-18)23-12-10-22(11-13-23)14-16-8-6-5-7-9-16/h5-9,17,24-27H,10-15H2,1-4H3/t17-,18+,19+,20-,21+/m1/s1. The highest BCUT2D eigenvalue weighted by molar-refractivity contribution is 5.20. The van der Waals surface area contributed by atoms with Crippen LogP contribution in [0.2, 0.25) is 0 Å². The van der Waals surface area contributed by atoms with Crippen LogP contribution in [0.4, 0.5) is 0 Å². The average molecular weight is 395 g/mol. The molecule has 0 saturated carbocycles. The fourth-order valence-corrected chi connectivity index (χ4v) is 4.34. The number of hydrogen-bond acceptors (Lipinski definition) is 7. The molecular formula is C21H34N2O5. The van der Waals surface area contributed by atoms with E-state index >= 15 is 0 Å². The number of benzene rings is 1. The minimum absolute atomic E-state index is 0.475. The van der Waals surface area contributed by atoms with Crippen molar-refractivity contribution in [1.82, 2.24) is 9.80 Å². The van der Waals surface area contributed by atoms with Gasteiger partial charge in [-0.15, -0.1) is 0 Å². The molecule has 3 rings (SSSR count). The molecule has 7 nitrogen and oxygen atoms in total. The van der Waals surface area contributed by atoms with Gasteiger partial charge in [0, 0.05) is 32.7 Å². The van der Waals surface area contributed by atoms with Gasteiger partial charge in [0.2, 0.25) is 0 Å². The summed E-state index contributed by atoms with van der Waals surface area (Å²) >= 11 is 0. The molecule has 0 unspecified atom stereocenters. The Hall–Kier alpha value is -1.06. The molecular weight excluding hydrogens is 360 g/mol. The number of aliphatic hydroxyl groups excluding tert-OH is 1. The van der Waals surface area contributed by atoms with Gasteiger partial charge in [-0.3, -0.25) is 9.80 Å². The van der Waals surface area contributed by atoms with Crippen LogP contribution in [0.25, 0.3) is 0 Å². The van der Waals surface area contributed by atoms with Crippen LogP contribution < -0.4 is 0 Å². The summed E-state index contributed by atoms with van der Waals surface area (Å²) < 4.78 is 6.08. The molecule has 2 heterocycles. The van der Waals surface area contributed by atoms with Crippen molar-refractivity contribution < 1.29 is 25.2 Å².